The fourth-order valence-electron chi connectivity index (χ4n) is 4.02. The van der Waals surface area contributed by atoms with Gasteiger partial charge in [-0.1, -0.05) is 30.3 Å². The molecule has 3 fully saturated rings. The first-order chi connectivity index (χ1) is 10.6. The number of benzene rings is 1. The standard InChI is InChI=1S/C18H23NO3/c1-3-22-18(21)17-15-10-9-14(11-16(15)20)19(17)12(2)13-7-5-4-6-8-13/h4-8,12,14-15,17H,3,9-11H2,1-2H3/t12-,14-,15-,17-/m1/s1. The topological polar surface area (TPSA) is 46.6 Å². The van der Waals surface area contributed by atoms with Gasteiger partial charge in [0.1, 0.15) is 11.8 Å². The molecule has 0 aromatic heterocycles. The quantitative estimate of drug-likeness (QED) is 0.802. The summed E-state index contributed by atoms with van der Waals surface area (Å²) in [6.07, 6.45) is 2.37. The van der Waals surface area contributed by atoms with E-state index in [1.54, 1.807) is 0 Å². The van der Waals surface area contributed by atoms with Crippen molar-refractivity contribution in [3.05, 3.63) is 35.9 Å². The molecule has 0 N–H and O–H groups in total. The van der Waals surface area contributed by atoms with Gasteiger partial charge in [-0.05, 0) is 32.3 Å². The summed E-state index contributed by atoms with van der Waals surface area (Å²) < 4.78 is 5.27. The van der Waals surface area contributed by atoms with Gasteiger partial charge < -0.3 is 4.74 Å². The van der Waals surface area contributed by atoms with Gasteiger partial charge in [-0.3, -0.25) is 14.5 Å². The van der Waals surface area contributed by atoms with Gasteiger partial charge in [-0.25, -0.2) is 0 Å². The van der Waals surface area contributed by atoms with Gasteiger partial charge in [0.25, 0.3) is 0 Å². The molecule has 0 amide bonds. The van der Waals surface area contributed by atoms with Crippen LogP contribution in [0.5, 0.6) is 0 Å². The van der Waals surface area contributed by atoms with Crippen LogP contribution >= 0.6 is 0 Å². The lowest BCUT2D eigenvalue weighted by Gasteiger charge is -2.51. The van der Waals surface area contributed by atoms with Crippen molar-refractivity contribution in [1.82, 2.24) is 4.90 Å². The molecule has 3 aliphatic rings. The molecular formula is C18H23NO3. The number of carbonyl (C=O) groups excluding carboxylic acids is 2. The van der Waals surface area contributed by atoms with Gasteiger partial charge in [-0.15, -0.1) is 0 Å². The largest absolute Gasteiger partial charge is 0.465 e. The molecule has 2 bridgehead atoms. The molecule has 0 radical (unpaired) electrons. The number of nitrogens with zero attached hydrogens (tertiary/aromatic N) is 1. The zero-order chi connectivity index (χ0) is 15.7. The molecular weight excluding hydrogens is 278 g/mol. The highest BCUT2D eigenvalue weighted by atomic mass is 16.5. The molecule has 0 unspecified atom stereocenters. The number of rotatable bonds is 4. The maximum absolute atomic E-state index is 12.5. The van der Waals surface area contributed by atoms with E-state index in [1.807, 2.05) is 25.1 Å². The van der Waals surface area contributed by atoms with Crippen molar-refractivity contribution in [2.75, 3.05) is 6.61 Å². The number of Topliss-reactive ketones (excluding diaryl/α,β-unsaturated/α-hetero) is 1. The van der Waals surface area contributed by atoms with E-state index in [4.69, 9.17) is 4.74 Å². The maximum Gasteiger partial charge on any atom is 0.324 e. The number of carbonyl (C=O) groups is 2. The highest BCUT2D eigenvalue weighted by molar-refractivity contribution is 5.91. The second-order valence-electron chi connectivity index (χ2n) is 6.24. The van der Waals surface area contributed by atoms with Gasteiger partial charge in [0.15, 0.2) is 0 Å². The average molecular weight is 301 g/mol. The van der Waals surface area contributed by atoms with Crippen LogP contribution in [0.2, 0.25) is 0 Å². The fourth-order valence-corrected chi connectivity index (χ4v) is 4.02. The van der Waals surface area contributed by atoms with E-state index in [0.29, 0.717) is 13.0 Å². The molecule has 0 spiro atoms. The van der Waals surface area contributed by atoms with Crippen LogP contribution in [-0.4, -0.2) is 35.3 Å². The van der Waals surface area contributed by atoms with E-state index >= 15 is 0 Å². The van der Waals surface area contributed by atoms with Crippen molar-refractivity contribution in [2.45, 2.75) is 51.2 Å². The highest BCUT2D eigenvalue weighted by Crippen LogP contribution is 2.42. The van der Waals surface area contributed by atoms with Crippen molar-refractivity contribution < 1.29 is 14.3 Å². The van der Waals surface area contributed by atoms with Crippen molar-refractivity contribution in [1.29, 1.82) is 0 Å². The van der Waals surface area contributed by atoms with Crippen LogP contribution in [0.15, 0.2) is 30.3 Å². The first-order valence-corrected chi connectivity index (χ1v) is 8.15. The summed E-state index contributed by atoms with van der Waals surface area (Å²) in [5, 5.41) is 0. The SMILES string of the molecule is CCOC(=O)[C@H]1[C@@H]2CC[C@H](CC2=O)N1[C@H](C)c1ccccc1. The van der Waals surface area contributed by atoms with Gasteiger partial charge in [-0.2, -0.15) is 0 Å². The molecule has 1 aromatic rings. The zero-order valence-corrected chi connectivity index (χ0v) is 13.2. The minimum atomic E-state index is -0.421. The molecule has 22 heavy (non-hydrogen) atoms. The number of fused-ring (bicyclic) bond motifs is 3. The number of hydrogen-bond donors (Lipinski definition) is 0. The molecule has 4 atom stereocenters. The Labute approximate surface area is 131 Å². The Kier molecular flexibility index (Phi) is 4.30. The number of ketones is 1. The summed E-state index contributed by atoms with van der Waals surface area (Å²) in [5.41, 5.74) is 1.18. The summed E-state index contributed by atoms with van der Waals surface area (Å²) >= 11 is 0. The first kappa shape index (κ1) is 15.2. The van der Waals surface area contributed by atoms with Crippen molar-refractivity contribution >= 4 is 11.8 Å². The molecule has 4 nitrogen and oxygen atoms in total. The van der Waals surface area contributed by atoms with E-state index in [-0.39, 0.29) is 29.8 Å². The van der Waals surface area contributed by atoms with Crippen LogP contribution in [0.25, 0.3) is 0 Å². The lowest BCUT2D eigenvalue weighted by molar-refractivity contribution is -0.167. The van der Waals surface area contributed by atoms with Crippen LogP contribution in [0.1, 0.15) is 44.7 Å². The van der Waals surface area contributed by atoms with Gasteiger partial charge in [0, 0.05) is 24.4 Å². The lowest BCUT2D eigenvalue weighted by atomic mass is 9.72. The Bertz CT molecular complexity index is 557. The van der Waals surface area contributed by atoms with Crippen LogP contribution in [0, 0.1) is 5.92 Å². The number of ether oxygens (including phenoxy) is 1. The zero-order valence-electron chi connectivity index (χ0n) is 13.2. The average Bonchev–Trinajstić information content (AvgIpc) is 2.55. The molecule has 118 valence electrons. The third-order valence-electron chi connectivity index (χ3n) is 5.04. The van der Waals surface area contributed by atoms with Crippen LogP contribution in [-0.2, 0) is 14.3 Å². The van der Waals surface area contributed by atoms with Crippen molar-refractivity contribution in [3.8, 4) is 0 Å². The molecule has 4 rings (SSSR count). The predicted octanol–water partition coefficient (Wildman–Crippen LogP) is 2.73. The third-order valence-corrected chi connectivity index (χ3v) is 5.04. The Balaban J connectivity index is 1.92. The van der Waals surface area contributed by atoms with Crippen molar-refractivity contribution in [2.24, 2.45) is 5.92 Å². The minimum absolute atomic E-state index is 0.108. The molecule has 1 saturated carbocycles. The predicted molar refractivity (Wildman–Crippen MR) is 83.3 cm³/mol. The summed E-state index contributed by atoms with van der Waals surface area (Å²) in [5.74, 6) is -0.214. The third kappa shape index (κ3) is 2.56. The van der Waals surface area contributed by atoms with Crippen LogP contribution < -0.4 is 0 Å². The van der Waals surface area contributed by atoms with E-state index in [0.717, 1.165) is 12.8 Å². The highest BCUT2D eigenvalue weighted by Gasteiger charge is 2.51. The molecule has 1 aromatic carbocycles. The molecule has 2 heterocycles. The van der Waals surface area contributed by atoms with E-state index in [1.165, 1.54) is 5.56 Å². The van der Waals surface area contributed by atoms with Crippen molar-refractivity contribution in [3.63, 3.8) is 0 Å². The Morgan fingerprint density at radius 2 is 2.05 bits per heavy atom. The monoisotopic (exact) mass is 301 g/mol. The normalized spacial score (nSPS) is 29.4. The summed E-state index contributed by atoms with van der Waals surface area (Å²) in [6.45, 7) is 4.28. The number of hydrogen-bond acceptors (Lipinski definition) is 4. The molecule has 4 heteroatoms. The second kappa shape index (κ2) is 6.21. The maximum atomic E-state index is 12.5. The van der Waals surface area contributed by atoms with E-state index in [9.17, 15) is 9.59 Å². The first-order valence-electron chi connectivity index (χ1n) is 8.15. The Hall–Kier alpha value is -1.68. The second-order valence-corrected chi connectivity index (χ2v) is 6.24. The van der Waals surface area contributed by atoms with Gasteiger partial charge in [0.05, 0.1) is 6.61 Å². The smallest absolute Gasteiger partial charge is 0.324 e. The number of esters is 1. The Morgan fingerprint density at radius 1 is 1.32 bits per heavy atom. The van der Waals surface area contributed by atoms with E-state index in [2.05, 4.69) is 24.0 Å². The minimum Gasteiger partial charge on any atom is -0.465 e. The molecule has 2 aliphatic heterocycles. The van der Waals surface area contributed by atoms with Crippen LogP contribution in [0.3, 0.4) is 0 Å². The molecule has 2 saturated heterocycles. The van der Waals surface area contributed by atoms with Gasteiger partial charge >= 0.3 is 5.97 Å². The summed E-state index contributed by atoms with van der Waals surface area (Å²) in [4.78, 5) is 26.9. The fraction of sp³-hybridized carbons (Fsp3) is 0.556. The molecule has 1 aliphatic carbocycles. The summed E-state index contributed by atoms with van der Waals surface area (Å²) in [7, 11) is 0. The summed E-state index contributed by atoms with van der Waals surface area (Å²) in [6, 6.07) is 10.0. The van der Waals surface area contributed by atoms with E-state index < -0.39 is 6.04 Å². The Morgan fingerprint density at radius 3 is 2.68 bits per heavy atom. The lowest BCUT2D eigenvalue weighted by Crippen LogP contribution is -2.62. The number of piperidine rings is 2. The van der Waals surface area contributed by atoms with Crippen LogP contribution in [0.4, 0.5) is 0 Å². The van der Waals surface area contributed by atoms with Gasteiger partial charge in [0.2, 0.25) is 0 Å².